The number of aromatic nitrogens is 1. The first-order valence-corrected chi connectivity index (χ1v) is 5.72. The molecule has 0 saturated carbocycles. The normalized spacial score (nSPS) is 10.0. The summed E-state index contributed by atoms with van der Waals surface area (Å²) in [7, 11) is 1.31. The van der Waals surface area contributed by atoms with Crippen molar-refractivity contribution in [3.8, 4) is 0 Å². The first kappa shape index (κ1) is 13.0. The Kier molecular flexibility index (Phi) is 4.07. The Morgan fingerprint density at radius 1 is 1.26 bits per heavy atom. The van der Waals surface area contributed by atoms with Crippen molar-refractivity contribution in [2.75, 3.05) is 12.4 Å². The molecule has 0 fully saturated rings. The van der Waals surface area contributed by atoms with Crippen LogP contribution in [0.5, 0.6) is 0 Å². The summed E-state index contributed by atoms with van der Waals surface area (Å²) >= 11 is 0. The largest absolute Gasteiger partial charge is 0.464 e. The van der Waals surface area contributed by atoms with Crippen LogP contribution in [0, 0.1) is 5.82 Å². The summed E-state index contributed by atoms with van der Waals surface area (Å²) in [6, 6.07) is 9.56. The minimum absolute atomic E-state index is 0.257. The van der Waals surface area contributed by atoms with E-state index in [-0.39, 0.29) is 11.5 Å². The highest BCUT2D eigenvalue weighted by Crippen LogP contribution is 2.10. The van der Waals surface area contributed by atoms with E-state index in [4.69, 9.17) is 0 Å². The van der Waals surface area contributed by atoms with E-state index < -0.39 is 5.97 Å². The summed E-state index contributed by atoms with van der Waals surface area (Å²) in [5.74, 6) is -0.724. The van der Waals surface area contributed by atoms with Crippen molar-refractivity contribution < 1.29 is 13.9 Å². The minimum Gasteiger partial charge on any atom is -0.464 e. The molecule has 1 heterocycles. The van der Waals surface area contributed by atoms with Gasteiger partial charge in [-0.3, -0.25) is 0 Å². The van der Waals surface area contributed by atoms with E-state index in [1.165, 1.54) is 19.2 Å². The number of rotatable bonds is 4. The van der Waals surface area contributed by atoms with Gasteiger partial charge in [-0.25, -0.2) is 14.2 Å². The molecule has 0 amide bonds. The van der Waals surface area contributed by atoms with Crippen LogP contribution in [-0.4, -0.2) is 18.1 Å². The second-order valence-electron chi connectivity index (χ2n) is 3.90. The van der Waals surface area contributed by atoms with Crippen LogP contribution in [0.2, 0.25) is 0 Å². The zero-order chi connectivity index (χ0) is 13.7. The molecular weight excluding hydrogens is 247 g/mol. The van der Waals surface area contributed by atoms with E-state index in [1.807, 2.05) is 0 Å². The van der Waals surface area contributed by atoms with Crippen LogP contribution in [0.3, 0.4) is 0 Å². The zero-order valence-electron chi connectivity index (χ0n) is 10.4. The number of carbonyl (C=O) groups is 1. The first-order valence-electron chi connectivity index (χ1n) is 5.72. The highest BCUT2D eigenvalue weighted by Gasteiger charge is 2.05. The molecular formula is C14H13FN2O2. The van der Waals surface area contributed by atoms with Crippen LogP contribution in [0.15, 0.2) is 42.6 Å². The minimum atomic E-state index is -0.468. The number of esters is 1. The Labute approximate surface area is 110 Å². The third kappa shape index (κ3) is 3.51. The summed E-state index contributed by atoms with van der Waals surface area (Å²) in [6.07, 6.45) is 1.55. The van der Waals surface area contributed by atoms with Crippen LogP contribution in [0.1, 0.15) is 16.1 Å². The lowest BCUT2D eigenvalue weighted by atomic mass is 10.2. The van der Waals surface area contributed by atoms with Gasteiger partial charge in [0, 0.05) is 6.54 Å². The van der Waals surface area contributed by atoms with Crippen LogP contribution in [0.25, 0.3) is 0 Å². The molecule has 0 radical (unpaired) electrons. The van der Waals surface area contributed by atoms with Crippen molar-refractivity contribution in [3.05, 3.63) is 59.7 Å². The number of benzene rings is 1. The average molecular weight is 260 g/mol. The molecule has 0 saturated heterocycles. The Bertz CT molecular complexity index is 553. The molecule has 0 aliphatic carbocycles. The van der Waals surface area contributed by atoms with Gasteiger partial charge >= 0.3 is 5.97 Å². The molecule has 98 valence electrons. The number of anilines is 1. The fraction of sp³-hybridized carbons (Fsp3) is 0.143. The van der Waals surface area contributed by atoms with Gasteiger partial charge in [0.25, 0.3) is 0 Å². The summed E-state index contributed by atoms with van der Waals surface area (Å²) in [5, 5.41) is 3.13. The Morgan fingerprint density at radius 3 is 2.58 bits per heavy atom. The maximum absolute atomic E-state index is 12.7. The van der Waals surface area contributed by atoms with Crippen molar-refractivity contribution >= 4 is 11.7 Å². The van der Waals surface area contributed by atoms with E-state index in [9.17, 15) is 9.18 Å². The average Bonchev–Trinajstić information content (AvgIpc) is 2.46. The van der Waals surface area contributed by atoms with Crippen LogP contribution in [0.4, 0.5) is 10.1 Å². The number of carbonyl (C=O) groups excluding carboxylic acids is 1. The molecule has 5 heteroatoms. The lowest BCUT2D eigenvalue weighted by Crippen LogP contribution is -2.05. The summed E-state index contributed by atoms with van der Waals surface area (Å²) in [4.78, 5) is 15.2. The summed E-state index contributed by atoms with van der Waals surface area (Å²) < 4.78 is 17.3. The van der Waals surface area contributed by atoms with Crippen LogP contribution in [-0.2, 0) is 11.3 Å². The molecule has 0 unspecified atom stereocenters. The number of nitrogens with one attached hydrogen (secondary N) is 1. The van der Waals surface area contributed by atoms with Crippen molar-refractivity contribution in [1.82, 2.24) is 4.98 Å². The predicted molar refractivity (Wildman–Crippen MR) is 69.3 cm³/mol. The fourth-order valence-corrected chi connectivity index (χ4v) is 1.53. The molecule has 0 aliphatic heterocycles. The summed E-state index contributed by atoms with van der Waals surface area (Å²) in [5.41, 5.74) is 1.99. The summed E-state index contributed by atoms with van der Waals surface area (Å²) in [6.45, 7) is 0.555. The molecule has 2 rings (SSSR count). The van der Waals surface area contributed by atoms with E-state index in [2.05, 4.69) is 15.0 Å². The van der Waals surface area contributed by atoms with Crippen molar-refractivity contribution in [3.63, 3.8) is 0 Å². The van der Waals surface area contributed by atoms with Gasteiger partial charge in [-0.15, -0.1) is 0 Å². The Balaban J connectivity index is 1.96. The molecule has 0 atom stereocenters. The third-order valence-corrected chi connectivity index (χ3v) is 2.57. The van der Waals surface area contributed by atoms with Crippen molar-refractivity contribution in [1.29, 1.82) is 0 Å². The monoisotopic (exact) mass is 260 g/mol. The quantitative estimate of drug-likeness (QED) is 0.858. The highest BCUT2D eigenvalue weighted by atomic mass is 19.1. The van der Waals surface area contributed by atoms with Crippen LogP contribution >= 0.6 is 0 Å². The molecule has 0 aliphatic rings. The van der Waals surface area contributed by atoms with Gasteiger partial charge < -0.3 is 10.1 Å². The smallest absolute Gasteiger partial charge is 0.356 e. The molecule has 0 spiro atoms. The number of methoxy groups -OCH3 is 1. The van der Waals surface area contributed by atoms with Gasteiger partial charge in [0.2, 0.25) is 0 Å². The maximum Gasteiger partial charge on any atom is 0.356 e. The van der Waals surface area contributed by atoms with Gasteiger partial charge in [-0.1, -0.05) is 12.1 Å². The van der Waals surface area contributed by atoms with E-state index in [0.717, 1.165) is 11.3 Å². The van der Waals surface area contributed by atoms with Gasteiger partial charge in [0.1, 0.15) is 11.5 Å². The van der Waals surface area contributed by atoms with Crippen molar-refractivity contribution in [2.45, 2.75) is 6.54 Å². The number of hydrogen-bond acceptors (Lipinski definition) is 4. The molecule has 19 heavy (non-hydrogen) atoms. The lowest BCUT2D eigenvalue weighted by molar-refractivity contribution is 0.0594. The number of hydrogen-bond donors (Lipinski definition) is 1. The molecule has 1 aromatic carbocycles. The predicted octanol–water partition coefficient (Wildman–Crippen LogP) is 2.62. The highest BCUT2D eigenvalue weighted by molar-refractivity contribution is 5.87. The molecule has 4 nitrogen and oxygen atoms in total. The second kappa shape index (κ2) is 5.95. The van der Waals surface area contributed by atoms with E-state index >= 15 is 0 Å². The zero-order valence-corrected chi connectivity index (χ0v) is 10.4. The molecule has 1 N–H and O–H groups in total. The second-order valence-corrected chi connectivity index (χ2v) is 3.90. The van der Waals surface area contributed by atoms with Crippen molar-refractivity contribution in [2.24, 2.45) is 0 Å². The van der Waals surface area contributed by atoms with E-state index in [1.54, 1.807) is 30.5 Å². The van der Waals surface area contributed by atoms with E-state index in [0.29, 0.717) is 6.54 Å². The molecule has 2 aromatic rings. The van der Waals surface area contributed by atoms with Gasteiger partial charge in [-0.05, 0) is 29.8 Å². The standard InChI is InChI=1S/C14H13FN2O2/c1-19-14(18)13-7-6-12(9-17-13)16-8-10-2-4-11(15)5-3-10/h2-7,9,16H,8H2,1H3. The van der Waals surface area contributed by atoms with Crippen LogP contribution < -0.4 is 5.32 Å². The number of halogens is 1. The SMILES string of the molecule is COC(=O)c1ccc(NCc2ccc(F)cc2)cn1. The number of ether oxygens (including phenoxy) is 1. The van der Waals surface area contributed by atoms with Gasteiger partial charge in [0.15, 0.2) is 0 Å². The fourth-order valence-electron chi connectivity index (χ4n) is 1.53. The lowest BCUT2D eigenvalue weighted by Gasteiger charge is -2.06. The van der Waals surface area contributed by atoms with Gasteiger partial charge in [-0.2, -0.15) is 0 Å². The number of pyridine rings is 1. The Morgan fingerprint density at radius 2 is 2.00 bits per heavy atom. The Hall–Kier alpha value is -2.43. The topological polar surface area (TPSA) is 51.2 Å². The molecule has 1 aromatic heterocycles. The number of nitrogens with zero attached hydrogens (tertiary/aromatic N) is 1. The van der Waals surface area contributed by atoms with Gasteiger partial charge in [0.05, 0.1) is 19.0 Å². The third-order valence-electron chi connectivity index (χ3n) is 2.57. The first-order chi connectivity index (χ1) is 9.19. The molecule has 0 bridgehead atoms. The maximum atomic E-state index is 12.7.